The standard InChI is InChI=1S/C22H22ClN5O5S/c1-4-18(33-21(30)17-6-5-11-24-19(17)23)20(29)27-15-7-9-16(10-8-15)34(31,32)28-22-25-13(2)12-14(3)26-22/h5-12,18H,4H2,1-3H3,(H,27,29)(H,25,26,28). The average Bonchev–Trinajstić information content (AvgIpc) is 2.77. The summed E-state index contributed by atoms with van der Waals surface area (Å²) in [5.74, 6) is -1.38. The quantitative estimate of drug-likeness (QED) is 0.351. The number of hydrogen-bond acceptors (Lipinski definition) is 8. The first-order valence-electron chi connectivity index (χ1n) is 10.2. The molecule has 2 N–H and O–H groups in total. The lowest BCUT2D eigenvalue weighted by molar-refractivity contribution is -0.124. The Morgan fingerprint density at radius 2 is 1.74 bits per heavy atom. The van der Waals surface area contributed by atoms with Crippen LogP contribution in [0.3, 0.4) is 0 Å². The SMILES string of the molecule is CCC(OC(=O)c1cccnc1Cl)C(=O)Nc1ccc(S(=O)(=O)Nc2nc(C)cc(C)n2)cc1. The maximum Gasteiger partial charge on any atom is 0.342 e. The van der Waals surface area contributed by atoms with E-state index in [1.54, 1.807) is 26.8 Å². The van der Waals surface area contributed by atoms with Crippen LogP contribution in [0.15, 0.2) is 53.6 Å². The summed E-state index contributed by atoms with van der Waals surface area (Å²) >= 11 is 5.90. The van der Waals surface area contributed by atoms with E-state index in [0.29, 0.717) is 17.1 Å². The number of amides is 1. The van der Waals surface area contributed by atoms with E-state index in [1.807, 2.05) is 0 Å². The summed E-state index contributed by atoms with van der Waals surface area (Å²) in [5, 5.41) is 2.57. The molecule has 2 heterocycles. The van der Waals surface area contributed by atoms with E-state index < -0.39 is 28.0 Å². The molecule has 12 heteroatoms. The predicted octanol–water partition coefficient (Wildman–Crippen LogP) is 3.52. The van der Waals surface area contributed by atoms with Gasteiger partial charge in [-0.05, 0) is 62.7 Å². The van der Waals surface area contributed by atoms with Gasteiger partial charge in [-0.1, -0.05) is 18.5 Å². The van der Waals surface area contributed by atoms with Crippen molar-refractivity contribution in [2.24, 2.45) is 0 Å². The highest BCUT2D eigenvalue weighted by molar-refractivity contribution is 7.92. The van der Waals surface area contributed by atoms with Gasteiger partial charge in [0.05, 0.1) is 10.5 Å². The Morgan fingerprint density at radius 1 is 1.09 bits per heavy atom. The third kappa shape index (κ3) is 6.27. The summed E-state index contributed by atoms with van der Waals surface area (Å²) < 4.78 is 32.9. The maximum absolute atomic E-state index is 12.6. The van der Waals surface area contributed by atoms with Crippen molar-refractivity contribution < 1.29 is 22.7 Å². The van der Waals surface area contributed by atoms with E-state index in [9.17, 15) is 18.0 Å². The first-order valence-corrected chi connectivity index (χ1v) is 12.0. The molecule has 3 aromatic rings. The highest BCUT2D eigenvalue weighted by Gasteiger charge is 2.24. The number of carbonyl (C=O) groups is 2. The van der Waals surface area contributed by atoms with Gasteiger partial charge in [0.1, 0.15) is 5.15 Å². The zero-order chi connectivity index (χ0) is 24.9. The Bertz CT molecular complexity index is 1300. The van der Waals surface area contributed by atoms with Gasteiger partial charge in [0.2, 0.25) is 5.95 Å². The Morgan fingerprint density at radius 3 is 2.32 bits per heavy atom. The molecular formula is C22H22ClN5O5S. The van der Waals surface area contributed by atoms with Crippen molar-refractivity contribution >= 4 is 45.1 Å². The van der Waals surface area contributed by atoms with Gasteiger partial charge in [-0.3, -0.25) is 4.79 Å². The molecule has 1 aromatic carbocycles. The number of sulfonamides is 1. The minimum Gasteiger partial charge on any atom is -0.449 e. The van der Waals surface area contributed by atoms with Crippen LogP contribution in [-0.4, -0.2) is 41.4 Å². The molecule has 0 aliphatic heterocycles. The molecule has 0 saturated heterocycles. The van der Waals surface area contributed by atoms with Gasteiger partial charge in [-0.15, -0.1) is 0 Å². The lowest BCUT2D eigenvalue weighted by atomic mass is 10.2. The molecule has 0 fully saturated rings. The predicted molar refractivity (Wildman–Crippen MR) is 126 cm³/mol. The van der Waals surface area contributed by atoms with Gasteiger partial charge in [0, 0.05) is 23.3 Å². The molecule has 34 heavy (non-hydrogen) atoms. The summed E-state index contributed by atoms with van der Waals surface area (Å²) in [4.78, 5) is 36.8. The normalized spacial score (nSPS) is 12.0. The van der Waals surface area contributed by atoms with E-state index in [0.717, 1.165) is 0 Å². The van der Waals surface area contributed by atoms with Crippen molar-refractivity contribution in [2.45, 2.75) is 38.2 Å². The van der Waals surface area contributed by atoms with E-state index >= 15 is 0 Å². The van der Waals surface area contributed by atoms with Crippen molar-refractivity contribution in [3.05, 3.63) is 70.8 Å². The van der Waals surface area contributed by atoms with Crippen LogP contribution in [0, 0.1) is 13.8 Å². The van der Waals surface area contributed by atoms with Crippen LogP contribution >= 0.6 is 11.6 Å². The van der Waals surface area contributed by atoms with Gasteiger partial charge in [0.25, 0.3) is 15.9 Å². The second-order valence-electron chi connectivity index (χ2n) is 7.24. The number of carbonyl (C=O) groups excluding carboxylic acids is 2. The fourth-order valence-electron chi connectivity index (χ4n) is 2.94. The average molecular weight is 504 g/mol. The number of nitrogens with one attached hydrogen (secondary N) is 2. The highest BCUT2D eigenvalue weighted by Crippen LogP contribution is 2.19. The zero-order valence-electron chi connectivity index (χ0n) is 18.6. The minimum atomic E-state index is -3.94. The maximum atomic E-state index is 12.6. The molecule has 3 rings (SSSR count). The number of pyridine rings is 1. The monoisotopic (exact) mass is 503 g/mol. The fourth-order valence-corrected chi connectivity index (χ4v) is 4.08. The van der Waals surface area contributed by atoms with Crippen molar-refractivity contribution in [3.8, 4) is 0 Å². The molecule has 1 unspecified atom stereocenters. The third-order valence-corrected chi connectivity index (χ3v) is 6.18. The van der Waals surface area contributed by atoms with Crippen molar-refractivity contribution in [3.63, 3.8) is 0 Å². The summed E-state index contributed by atoms with van der Waals surface area (Å²) in [7, 11) is -3.94. The lowest BCUT2D eigenvalue weighted by Gasteiger charge is -2.16. The molecular weight excluding hydrogens is 482 g/mol. The summed E-state index contributed by atoms with van der Waals surface area (Å²) in [6.45, 7) is 5.14. The smallest absolute Gasteiger partial charge is 0.342 e. The van der Waals surface area contributed by atoms with Gasteiger partial charge in [0.15, 0.2) is 6.10 Å². The van der Waals surface area contributed by atoms with Crippen LogP contribution in [0.25, 0.3) is 0 Å². The second kappa shape index (κ2) is 10.6. The van der Waals surface area contributed by atoms with Crippen molar-refractivity contribution in [1.82, 2.24) is 15.0 Å². The van der Waals surface area contributed by atoms with Crippen LogP contribution < -0.4 is 10.0 Å². The van der Waals surface area contributed by atoms with Gasteiger partial charge in [-0.25, -0.2) is 32.9 Å². The van der Waals surface area contributed by atoms with Crippen molar-refractivity contribution in [1.29, 1.82) is 0 Å². The number of halogens is 1. The number of ether oxygens (including phenoxy) is 1. The molecule has 0 aliphatic rings. The second-order valence-corrected chi connectivity index (χ2v) is 9.28. The molecule has 178 valence electrons. The number of nitrogens with zero attached hydrogens (tertiary/aromatic N) is 3. The molecule has 0 aliphatic carbocycles. The molecule has 0 saturated carbocycles. The number of hydrogen-bond donors (Lipinski definition) is 2. The van der Waals surface area contributed by atoms with Crippen LogP contribution in [0.5, 0.6) is 0 Å². The number of aromatic nitrogens is 3. The van der Waals surface area contributed by atoms with Gasteiger partial charge >= 0.3 is 5.97 Å². The number of esters is 1. The first-order chi connectivity index (χ1) is 16.1. The lowest BCUT2D eigenvalue weighted by Crippen LogP contribution is -2.32. The van der Waals surface area contributed by atoms with Crippen LogP contribution in [-0.2, 0) is 19.6 Å². The molecule has 0 spiro atoms. The Balaban J connectivity index is 1.67. The third-order valence-electron chi connectivity index (χ3n) is 4.53. The van der Waals surface area contributed by atoms with E-state index in [-0.39, 0.29) is 28.0 Å². The number of anilines is 2. The van der Waals surface area contributed by atoms with Crippen LogP contribution in [0.2, 0.25) is 5.15 Å². The Kier molecular flexibility index (Phi) is 7.79. The Hall–Kier alpha value is -3.57. The topological polar surface area (TPSA) is 140 Å². The van der Waals surface area contributed by atoms with Gasteiger partial charge in [-0.2, -0.15) is 0 Å². The summed E-state index contributed by atoms with van der Waals surface area (Å²) in [6, 6.07) is 10.2. The first kappa shape index (κ1) is 25.1. The summed E-state index contributed by atoms with van der Waals surface area (Å²) in [5.41, 5.74) is 1.62. The number of rotatable bonds is 8. The van der Waals surface area contributed by atoms with E-state index in [2.05, 4.69) is 25.0 Å². The molecule has 0 radical (unpaired) electrons. The number of aryl methyl sites for hydroxylation is 2. The van der Waals surface area contributed by atoms with Gasteiger partial charge < -0.3 is 10.1 Å². The molecule has 10 nitrogen and oxygen atoms in total. The van der Waals surface area contributed by atoms with Crippen LogP contribution in [0.4, 0.5) is 11.6 Å². The van der Waals surface area contributed by atoms with Crippen molar-refractivity contribution in [2.75, 3.05) is 10.0 Å². The zero-order valence-corrected chi connectivity index (χ0v) is 20.1. The van der Waals surface area contributed by atoms with E-state index in [1.165, 1.54) is 42.6 Å². The largest absolute Gasteiger partial charge is 0.449 e. The van der Waals surface area contributed by atoms with E-state index in [4.69, 9.17) is 16.3 Å². The molecule has 1 atom stereocenters. The molecule has 2 aromatic heterocycles. The molecule has 0 bridgehead atoms. The number of benzene rings is 1. The Labute approximate surface area is 201 Å². The highest BCUT2D eigenvalue weighted by atomic mass is 35.5. The summed E-state index contributed by atoms with van der Waals surface area (Å²) in [6.07, 6.45) is 0.551. The van der Waals surface area contributed by atoms with Crippen LogP contribution in [0.1, 0.15) is 35.1 Å². The minimum absolute atomic E-state index is 0.0283. The fraction of sp³-hybridized carbons (Fsp3) is 0.227. The molecule has 1 amide bonds.